The average Bonchev–Trinajstić information content (AvgIpc) is 3.39. The van der Waals surface area contributed by atoms with E-state index in [4.69, 9.17) is 9.26 Å². The number of ether oxygens (including phenoxy) is 1. The average molecular weight is 414 g/mol. The SMILES string of the molecule is Cc1cccc(OC(C)C(=O)NNC(=O)CCc2nc(-c3cccs3)no2)c1C. The minimum atomic E-state index is -0.764. The van der Waals surface area contributed by atoms with Gasteiger partial charge in [-0.05, 0) is 49.4 Å². The molecule has 0 aliphatic rings. The van der Waals surface area contributed by atoms with E-state index < -0.39 is 12.0 Å². The molecule has 1 unspecified atom stereocenters. The third kappa shape index (κ3) is 5.41. The summed E-state index contributed by atoms with van der Waals surface area (Å²) in [6, 6.07) is 9.44. The van der Waals surface area contributed by atoms with E-state index in [1.54, 1.807) is 13.0 Å². The van der Waals surface area contributed by atoms with Crippen molar-refractivity contribution < 1.29 is 18.8 Å². The monoisotopic (exact) mass is 414 g/mol. The van der Waals surface area contributed by atoms with Crippen LogP contribution in [0.15, 0.2) is 40.2 Å². The van der Waals surface area contributed by atoms with Crippen LogP contribution < -0.4 is 15.6 Å². The van der Waals surface area contributed by atoms with Gasteiger partial charge in [-0.3, -0.25) is 20.4 Å². The fourth-order valence-corrected chi connectivity index (χ4v) is 3.12. The van der Waals surface area contributed by atoms with Crippen LogP contribution in [0.2, 0.25) is 0 Å². The molecule has 1 atom stereocenters. The van der Waals surface area contributed by atoms with Crippen molar-refractivity contribution in [1.82, 2.24) is 21.0 Å². The number of aryl methyl sites for hydroxylation is 2. The van der Waals surface area contributed by atoms with Gasteiger partial charge in [0.1, 0.15) is 5.75 Å². The Bertz CT molecular complexity index is 984. The highest BCUT2D eigenvalue weighted by molar-refractivity contribution is 7.13. The van der Waals surface area contributed by atoms with Gasteiger partial charge >= 0.3 is 0 Å². The lowest BCUT2D eigenvalue weighted by molar-refractivity contribution is -0.132. The number of hydrogen-bond donors (Lipinski definition) is 2. The van der Waals surface area contributed by atoms with Crippen LogP contribution in [0, 0.1) is 13.8 Å². The van der Waals surface area contributed by atoms with Crippen molar-refractivity contribution in [2.45, 2.75) is 39.7 Å². The summed E-state index contributed by atoms with van der Waals surface area (Å²) in [7, 11) is 0. The number of hydrogen-bond acceptors (Lipinski definition) is 7. The standard InChI is InChI=1S/C20H22N4O4S/c1-12-6-4-7-15(13(12)2)27-14(3)20(26)23-22-17(25)9-10-18-21-19(24-28-18)16-8-5-11-29-16/h4-8,11,14H,9-10H2,1-3H3,(H,22,25)(H,23,26). The molecule has 2 heterocycles. The number of aromatic nitrogens is 2. The first-order valence-corrected chi connectivity index (χ1v) is 10.00. The summed E-state index contributed by atoms with van der Waals surface area (Å²) in [5.74, 6) is 0.685. The highest BCUT2D eigenvalue weighted by Gasteiger charge is 2.17. The smallest absolute Gasteiger partial charge is 0.279 e. The summed E-state index contributed by atoms with van der Waals surface area (Å²) in [5, 5.41) is 5.82. The Morgan fingerprint density at radius 1 is 1.21 bits per heavy atom. The van der Waals surface area contributed by atoms with Crippen molar-refractivity contribution in [3.63, 3.8) is 0 Å². The van der Waals surface area contributed by atoms with Gasteiger partial charge in [0.05, 0.1) is 4.88 Å². The molecule has 0 aliphatic heterocycles. The second kappa shape index (κ2) is 9.33. The molecule has 0 spiro atoms. The molecule has 0 saturated carbocycles. The Balaban J connectivity index is 1.43. The molecule has 1 aromatic carbocycles. The minimum absolute atomic E-state index is 0.0958. The van der Waals surface area contributed by atoms with E-state index in [0.29, 0.717) is 17.5 Å². The Labute approximate surface area is 172 Å². The summed E-state index contributed by atoms with van der Waals surface area (Å²) in [4.78, 5) is 29.3. The summed E-state index contributed by atoms with van der Waals surface area (Å²) in [6.07, 6.45) is -0.396. The van der Waals surface area contributed by atoms with Crippen LogP contribution in [0.25, 0.3) is 10.7 Å². The van der Waals surface area contributed by atoms with Crippen LogP contribution >= 0.6 is 11.3 Å². The molecular weight excluding hydrogens is 392 g/mol. The van der Waals surface area contributed by atoms with E-state index in [2.05, 4.69) is 21.0 Å². The molecule has 0 bridgehead atoms. The molecule has 9 heteroatoms. The predicted octanol–water partition coefficient (Wildman–Crippen LogP) is 2.96. The lowest BCUT2D eigenvalue weighted by Crippen LogP contribution is -2.47. The maximum Gasteiger partial charge on any atom is 0.279 e. The van der Waals surface area contributed by atoms with Gasteiger partial charge < -0.3 is 9.26 Å². The quantitative estimate of drug-likeness (QED) is 0.576. The first kappa shape index (κ1) is 20.5. The van der Waals surface area contributed by atoms with Crippen molar-refractivity contribution in [3.8, 4) is 16.5 Å². The van der Waals surface area contributed by atoms with Crippen LogP contribution in [0.5, 0.6) is 5.75 Å². The fraction of sp³-hybridized carbons (Fsp3) is 0.300. The van der Waals surface area contributed by atoms with Gasteiger partial charge in [0.25, 0.3) is 5.91 Å². The Morgan fingerprint density at radius 3 is 2.79 bits per heavy atom. The van der Waals surface area contributed by atoms with Gasteiger partial charge in [0, 0.05) is 12.8 Å². The molecule has 3 aromatic rings. The van der Waals surface area contributed by atoms with Crippen LogP contribution in [0.3, 0.4) is 0 Å². The van der Waals surface area contributed by atoms with Crippen molar-refractivity contribution in [2.75, 3.05) is 0 Å². The number of nitrogens with one attached hydrogen (secondary N) is 2. The highest BCUT2D eigenvalue weighted by atomic mass is 32.1. The topological polar surface area (TPSA) is 106 Å². The lowest BCUT2D eigenvalue weighted by Gasteiger charge is -2.17. The van der Waals surface area contributed by atoms with Crippen LogP contribution in [0.4, 0.5) is 0 Å². The highest BCUT2D eigenvalue weighted by Crippen LogP contribution is 2.22. The number of benzene rings is 1. The Hall–Kier alpha value is -3.20. The number of carbonyl (C=O) groups excluding carboxylic acids is 2. The van der Waals surface area contributed by atoms with Crippen molar-refractivity contribution in [2.24, 2.45) is 0 Å². The summed E-state index contributed by atoms with van der Waals surface area (Å²) < 4.78 is 10.8. The summed E-state index contributed by atoms with van der Waals surface area (Å²) in [5.41, 5.74) is 6.79. The van der Waals surface area contributed by atoms with Gasteiger partial charge in [0.15, 0.2) is 6.10 Å². The second-order valence-electron chi connectivity index (χ2n) is 6.48. The third-order valence-corrected chi connectivity index (χ3v) is 5.19. The molecule has 3 rings (SSSR count). The molecule has 2 N–H and O–H groups in total. The molecular formula is C20H22N4O4S. The van der Waals surface area contributed by atoms with Crippen molar-refractivity contribution in [3.05, 3.63) is 52.7 Å². The van der Waals surface area contributed by atoms with Crippen molar-refractivity contribution in [1.29, 1.82) is 0 Å². The number of nitrogens with zero attached hydrogens (tertiary/aromatic N) is 2. The molecule has 8 nitrogen and oxygen atoms in total. The zero-order valence-corrected chi connectivity index (χ0v) is 17.2. The van der Waals surface area contributed by atoms with E-state index in [-0.39, 0.29) is 18.7 Å². The molecule has 0 aliphatic carbocycles. The molecule has 152 valence electrons. The predicted molar refractivity (Wildman–Crippen MR) is 108 cm³/mol. The first-order valence-electron chi connectivity index (χ1n) is 9.12. The largest absolute Gasteiger partial charge is 0.481 e. The number of rotatable bonds is 7. The van der Waals surface area contributed by atoms with Gasteiger partial charge in [-0.2, -0.15) is 4.98 Å². The van der Waals surface area contributed by atoms with Crippen LogP contribution in [-0.2, 0) is 16.0 Å². The number of carbonyl (C=O) groups is 2. The summed E-state index contributed by atoms with van der Waals surface area (Å²) in [6.45, 7) is 5.52. The van der Waals surface area contributed by atoms with Crippen LogP contribution in [0.1, 0.15) is 30.4 Å². The van der Waals surface area contributed by atoms with Gasteiger partial charge in [0.2, 0.25) is 17.6 Å². The normalized spacial score (nSPS) is 11.7. The van der Waals surface area contributed by atoms with Gasteiger partial charge in [-0.25, -0.2) is 0 Å². The number of amides is 2. The second-order valence-corrected chi connectivity index (χ2v) is 7.43. The molecule has 0 saturated heterocycles. The minimum Gasteiger partial charge on any atom is -0.481 e. The zero-order chi connectivity index (χ0) is 20.8. The lowest BCUT2D eigenvalue weighted by atomic mass is 10.1. The summed E-state index contributed by atoms with van der Waals surface area (Å²) >= 11 is 1.51. The number of hydrazine groups is 1. The van der Waals surface area contributed by atoms with E-state index in [9.17, 15) is 9.59 Å². The van der Waals surface area contributed by atoms with E-state index in [0.717, 1.165) is 16.0 Å². The third-order valence-electron chi connectivity index (χ3n) is 4.33. The van der Waals surface area contributed by atoms with E-state index >= 15 is 0 Å². The maximum atomic E-state index is 12.2. The fourth-order valence-electron chi connectivity index (χ4n) is 2.47. The van der Waals surface area contributed by atoms with E-state index in [1.807, 2.05) is 43.5 Å². The van der Waals surface area contributed by atoms with Crippen LogP contribution in [-0.4, -0.2) is 28.1 Å². The van der Waals surface area contributed by atoms with E-state index in [1.165, 1.54) is 11.3 Å². The molecule has 29 heavy (non-hydrogen) atoms. The molecule has 2 aromatic heterocycles. The van der Waals surface area contributed by atoms with Crippen molar-refractivity contribution >= 4 is 23.2 Å². The molecule has 0 fully saturated rings. The van der Waals surface area contributed by atoms with Gasteiger partial charge in [-0.15, -0.1) is 11.3 Å². The van der Waals surface area contributed by atoms with Gasteiger partial charge in [-0.1, -0.05) is 23.4 Å². The Morgan fingerprint density at radius 2 is 2.03 bits per heavy atom. The first-order chi connectivity index (χ1) is 13.9. The maximum absolute atomic E-state index is 12.2. The zero-order valence-electron chi connectivity index (χ0n) is 16.4. The number of thiophene rings is 1. The molecule has 2 amide bonds. The molecule has 0 radical (unpaired) electrons. The Kier molecular flexibility index (Phi) is 6.61.